The average Bonchev–Trinajstić information content (AvgIpc) is 3.00. The minimum absolute atomic E-state index is 0.0913. The van der Waals surface area contributed by atoms with Gasteiger partial charge in [0.25, 0.3) is 0 Å². The van der Waals surface area contributed by atoms with Crippen LogP contribution in [0, 0.1) is 0 Å². The molecule has 1 aromatic heterocycles. The van der Waals surface area contributed by atoms with E-state index in [1.54, 1.807) is 6.20 Å². The van der Waals surface area contributed by atoms with Gasteiger partial charge in [-0.1, -0.05) is 0 Å². The minimum Gasteiger partial charge on any atom is -0.392 e. The number of hydrogen-bond acceptors (Lipinski definition) is 3. The zero-order valence-corrected chi connectivity index (χ0v) is 7.77. The van der Waals surface area contributed by atoms with Crippen molar-refractivity contribution in [3.8, 4) is 0 Å². The molecule has 1 aliphatic rings. The summed E-state index contributed by atoms with van der Waals surface area (Å²) >= 11 is 0. The summed E-state index contributed by atoms with van der Waals surface area (Å²) in [6.45, 7) is 0.0913. The Morgan fingerprint density at radius 2 is 2.38 bits per heavy atom. The largest absolute Gasteiger partial charge is 0.392 e. The standard InChI is InChI=1S/C10H14N2O/c1-12(9-2-3-9)10-6-8(7-13)4-5-11-10/h4-6,9,13H,2-3,7H2,1H3. The average molecular weight is 178 g/mol. The van der Waals surface area contributed by atoms with Crippen molar-refractivity contribution in [3.05, 3.63) is 23.9 Å². The number of rotatable bonds is 3. The number of hydrogen-bond donors (Lipinski definition) is 1. The highest BCUT2D eigenvalue weighted by Crippen LogP contribution is 2.29. The number of aromatic nitrogens is 1. The van der Waals surface area contributed by atoms with Crippen molar-refractivity contribution in [3.63, 3.8) is 0 Å². The summed E-state index contributed by atoms with van der Waals surface area (Å²) in [5.74, 6) is 0.967. The smallest absolute Gasteiger partial charge is 0.128 e. The quantitative estimate of drug-likeness (QED) is 0.754. The molecule has 13 heavy (non-hydrogen) atoms. The number of anilines is 1. The molecule has 0 spiro atoms. The van der Waals surface area contributed by atoms with E-state index in [0.717, 1.165) is 11.4 Å². The molecular formula is C10H14N2O. The fraction of sp³-hybridized carbons (Fsp3) is 0.500. The highest BCUT2D eigenvalue weighted by molar-refractivity contribution is 5.42. The molecule has 0 atom stereocenters. The van der Waals surface area contributed by atoms with E-state index in [0.29, 0.717) is 6.04 Å². The van der Waals surface area contributed by atoms with Gasteiger partial charge < -0.3 is 10.0 Å². The molecule has 1 N–H and O–H groups in total. The van der Waals surface area contributed by atoms with Crippen LogP contribution in [0.3, 0.4) is 0 Å². The van der Waals surface area contributed by atoms with Gasteiger partial charge in [0.1, 0.15) is 5.82 Å². The third-order valence-electron chi connectivity index (χ3n) is 2.45. The van der Waals surface area contributed by atoms with Crippen molar-refractivity contribution in [2.24, 2.45) is 0 Å². The maximum atomic E-state index is 8.95. The summed E-state index contributed by atoms with van der Waals surface area (Å²) < 4.78 is 0. The van der Waals surface area contributed by atoms with Crippen LogP contribution in [0.2, 0.25) is 0 Å². The van der Waals surface area contributed by atoms with E-state index in [-0.39, 0.29) is 6.61 Å². The summed E-state index contributed by atoms with van der Waals surface area (Å²) in [6.07, 6.45) is 4.28. The molecule has 1 fully saturated rings. The van der Waals surface area contributed by atoms with Crippen LogP contribution in [-0.4, -0.2) is 23.2 Å². The van der Waals surface area contributed by atoms with Crippen LogP contribution in [0.5, 0.6) is 0 Å². The van der Waals surface area contributed by atoms with E-state index in [2.05, 4.69) is 16.9 Å². The molecule has 3 nitrogen and oxygen atoms in total. The first-order valence-corrected chi connectivity index (χ1v) is 4.60. The van der Waals surface area contributed by atoms with E-state index in [4.69, 9.17) is 5.11 Å². The molecule has 0 radical (unpaired) electrons. The molecular weight excluding hydrogens is 164 g/mol. The maximum absolute atomic E-state index is 8.95. The van der Waals surface area contributed by atoms with Crippen molar-refractivity contribution in [1.29, 1.82) is 0 Å². The van der Waals surface area contributed by atoms with Crippen LogP contribution in [0.25, 0.3) is 0 Å². The SMILES string of the molecule is CN(c1cc(CO)ccn1)C1CC1. The van der Waals surface area contributed by atoms with Crippen molar-refractivity contribution in [2.75, 3.05) is 11.9 Å². The molecule has 0 aliphatic heterocycles. The van der Waals surface area contributed by atoms with Crippen molar-refractivity contribution in [2.45, 2.75) is 25.5 Å². The zero-order chi connectivity index (χ0) is 9.26. The second-order valence-corrected chi connectivity index (χ2v) is 3.52. The molecule has 1 saturated carbocycles. The van der Waals surface area contributed by atoms with Crippen LogP contribution in [0.1, 0.15) is 18.4 Å². The topological polar surface area (TPSA) is 36.4 Å². The third-order valence-corrected chi connectivity index (χ3v) is 2.45. The Kier molecular flexibility index (Phi) is 2.19. The van der Waals surface area contributed by atoms with E-state index >= 15 is 0 Å². The lowest BCUT2D eigenvalue weighted by molar-refractivity contribution is 0.281. The Morgan fingerprint density at radius 1 is 1.62 bits per heavy atom. The Balaban J connectivity index is 2.18. The Labute approximate surface area is 78.0 Å². The predicted molar refractivity (Wildman–Crippen MR) is 51.6 cm³/mol. The van der Waals surface area contributed by atoms with Crippen LogP contribution in [0.15, 0.2) is 18.3 Å². The van der Waals surface area contributed by atoms with Crippen LogP contribution >= 0.6 is 0 Å². The molecule has 1 aromatic rings. The molecule has 70 valence electrons. The lowest BCUT2D eigenvalue weighted by Gasteiger charge is -2.17. The molecule has 0 unspecified atom stereocenters. The fourth-order valence-electron chi connectivity index (χ4n) is 1.40. The molecule has 1 aliphatic carbocycles. The van der Waals surface area contributed by atoms with E-state index in [1.807, 2.05) is 12.1 Å². The fourth-order valence-corrected chi connectivity index (χ4v) is 1.40. The van der Waals surface area contributed by atoms with Gasteiger partial charge in [-0.3, -0.25) is 0 Å². The van der Waals surface area contributed by atoms with E-state index < -0.39 is 0 Å². The molecule has 0 amide bonds. The van der Waals surface area contributed by atoms with Crippen molar-refractivity contribution < 1.29 is 5.11 Å². The summed E-state index contributed by atoms with van der Waals surface area (Å²) in [5, 5.41) is 8.95. The minimum atomic E-state index is 0.0913. The van der Waals surface area contributed by atoms with Crippen molar-refractivity contribution in [1.82, 2.24) is 4.98 Å². The first-order valence-electron chi connectivity index (χ1n) is 4.60. The van der Waals surface area contributed by atoms with Gasteiger partial charge in [-0.25, -0.2) is 4.98 Å². The van der Waals surface area contributed by atoms with Gasteiger partial charge in [-0.05, 0) is 30.5 Å². The Bertz CT molecular complexity index is 297. The van der Waals surface area contributed by atoms with Gasteiger partial charge in [-0.2, -0.15) is 0 Å². The summed E-state index contributed by atoms with van der Waals surface area (Å²) in [5.41, 5.74) is 0.928. The number of aliphatic hydroxyl groups is 1. The Morgan fingerprint density at radius 3 is 3.00 bits per heavy atom. The first kappa shape index (κ1) is 8.51. The highest BCUT2D eigenvalue weighted by Gasteiger charge is 2.26. The van der Waals surface area contributed by atoms with Crippen molar-refractivity contribution >= 4 is 5.82 Å². The summed E-state index contributed by atoms with van der Waals surface area (Å²) in [6, 6.07) is 4.45. The number of aliphatic hydroxyl groups excluding tert-OH is 1. The van der Waals surface area contributed by atoms with Gasteiger partial charge in [0, 0.05) is 19.3 Å². The first-order chi connectivity index (χ1) is 6.31. The number of nitrogens with zero attached hydrogens (tertiary/aromatic N) is 2. The lowest BCUT2D eigenvalue weighted by Crippen LogP contribution is -2.20. The lowest BCUT2D eigenvalue weighted by atomic mass is 10.2. The van der Waals surface area contributed by atoms with Gasteiger partial charge in [-0.15, -0.1) is 0 Å². The normalized spacial score (nSPS) is 15.8. The molecule has 3 heteroatoms. The van der Waals surface area contributed by atoms with Crippen LogP contribution < -0.4 is 4.90 Å². The maximum Gasteiger partial charge on any atom is 0.128 e. The molecule has 0 aromatic carbocycles. The predicted octanol–water partition coefficient (Wildman–Crippen LogP) is 1.17. The molecule has 0 saturated heterocycles. The molecule has 0 bridgehead atoms. The zero-order valence-electron chi connectivity index (χ0n) is 7.77. The van der Waals surface area contributed by atoms with Gasteiger partial charge in [0.05, 0.1) is 6.61 Å². The van der Waals surface area contributed by atoms with Crippen LogP contribution in [0.4, 0.5) is 5.82 Å². The third kappa shape index (κ3) is 1.80. The van der Waals surface area contributed by atoms with E-state index in [1.165, 1.54) is 12.8 Å². The molecule has 1 heterocycles. The summed E-state index contributed by atoms with van der Waals surface area (Å²) in [7, 11) is 2.06. The van der Waals surface area contributed by atoms with Gasteiger partial charge in [0.2, 0.25) is 0 Å². The second kappa shape index (κ2) is 3.34. The monoisotopic (exact) mass is 178 g/mol. The summed E-state index contributed by atoms with van der Waals surface area (Å²) in [4.78, 5) is 6.44. The Hall–Kier alpha value is -1.09. The van der Waals surface area contributed by atoms with E-state index in [9.17, 15) is 0 Å². The second-order valence-electron chi connectivity index (χ2n) is 3.52. The van der Waals surface area contributed by atoms with Crippen LogP contribution in [-0.2, 0) is 6.61 Å². The van der Waals surface area contributed by atoms with Gasteiger partial charge >= 0.3 is 0 Å². The molecule has 2 rings (SSSR count). The number of pyridine rings is 1. The highest BCUT2D eigenvalue weighted by atomic mass is 16.3. The van der Waals surface area contributed by atoms with Gasteiger partial charge in [0.15, 0.2) is 0 Å².